The summed E-state index contributed by atoms with van der Waals surface area (Å²) in [5, 5.41) is -0.873. The van der Waals surface area contributed by atoms with Crippen LogP contribution in [0.2, 0.25) is 0 Å². The lowest BCUT2D eigenvalue weighted by molar-refractivity contribution is 0.590. The second-order valence-corrected chi connectivity index (χ2v) is 16.4. The third kappa shape index (κ3) is 10.7. The molecule has 7 aromatic rings. The molecule has 0 aromatic heterocycles. The molecule has 0 saturated carbocycles. The molecular formula is C52H48N2O2S. The Kier molecular flexibility index (Phi) is 12.9. The number of anilines is 2. The number of aryl methyl sites for hydroxylation is 1. The van der Waals surface area contributed by atoms with Gasteiger partial charge in [0.05, 0.1) is 4.90 Å². The normalized spacial score (nSPS) is 12.2. The molecule has 0 amide bonds. The highest BCUT2D eigenvalue weighted by atomic mass is 32.2. The van der Waals surface area contributed by atoms with Gasteiger partial charge in [-0.05, 0) is 76.7 Å². The minimum absolute atomic E-state index is 0.303. The van der Waals surface area contributed by atoms with E-state index in [1.54, 1.807) is 18.2 Å². The van der Waals surface area contributed by atoms with Crippen LogP contribution < -0.4 is 9.80 Å². The van der Waals surface area contributed by atoms with E-state index in [1.807, 2.05) is 85.8 Å². The maximum atomic E-state index is 14.3. The second-order valence-electron chi connectivity index (χ2n) is 14.4. The van der Waals surface area contributed by atoms with E-state index in [0.29, 0.717) is 10.5 Å². The first-order chi connectivity index (χ1) is 27.9. The van der Waals surface area contributed by atoms with Crippen molar-refractivity contribution in [3.63, 3.8) is 0 Å². The molecular weight excluding hydrogens is 717 g/mol. The molecule has 0 fully saturated rings. The molecule has 0 saturated heterocycles. The Balaban J connectivity index is 1.13. The fourth-order valence-corrected chi connectivity index (χ4v) is 8.58. The molecule has 0 bridgehead atoms. The molecule has 0 aliphatic rings. The van der Waals surface area contributed by atoms with Gasteiger partial charge in [-0.25, -0.2) is 8.42 Å². The second kappa shape index (κ2) is 18.9. The molecule has 57 heavy (non-hydrogen) atoms. The van der Waals surface area contributed by atoms with Gasteiger partial charge in [0.15, 0.2) is 9.84 Å². The Labute approximate surface area is 338 Å². The number of rotatable bonds is 16. The molecule has 0 spiro atoms. The predicted octanol–water partition coefficient (Wildman–Crippen LogP) is 12.2. The molecule has 0 heterocycles. The van der Waals surface area contributed by atoms with Crippen molar-refractivity contribution in [2.24, 2.45) is 0 Å². The van der Waals surface area contributed by atoms with Gasteiger partial charge in [0.2, 0.25) is 0 Å². The van der Waals surface area contributed by atoms with Crippen LogP contribution >= 0.6 is 0 Å². The van der Waals surface area contributed by atoms with Crippen LogP contribution in [0.4, 0.5) is 11.4 Å². The molecule has 0 radical (unpaired) electrons. The van der Waals surface area contributed by atoms with E-state index in [1.165, 1.54) is 22.3 Å². The van der Waals surface area contributed by atoms with Crippen molar-refractivity contribution >= 4 is 27.3 Å². The van der Waals surface area contributed by atoms with Gasteiger partial charge in [0.25, 0.3) is 0 Å². The van der Waals surface area contributed by atoms with Crippen molar-refractivity contribution in [1.29, 1.82) is 0 Å². The predicted molar refractivity (Wildman–Crippen MR) is 238 cm³/mol. The number of hydrogen-bond donors (Lipinski definition) is 0. The van der Waals surface area contributed by atoms with Gasteiger partial charge in [-0.15, -0.1) is 0 Å². The molecule has 284 valence electrons. The largest absolute Gasteiger partial charge is 0.363 e. The van der Waals surface area contributed by atoms with Crippen LogP contribution in [0.25, 0.3) is 6.08 Å². The first kappa shape index (κ1) is 38.8. The number of hydrogen-bond acceptors (Lipinski definition) is 4. The molecule has 1 unspecified atom stereocenters. The van der Waals surface area contributed by atoms with E-state index in [9.17, 15) is 8.42 Å². The molecule has 0 aliphatic heterocycles. The third-order valence-corrected chi connectivity index (χ3v) is 12.1. The zero-order chi connectivity index (χ0) is 39.3. The van der Waals surface area contributed by atoms with Crippen LogP contribution in [0, 0.1) is 6.92 Å². The van der Waals surface area contributed by atoms with Crippen molar-refractivity contribution in [3.05, 3.63) is 251 Å². The van der Waals surface area contributed by atoms with Crippen LogP contribution in [0.1, 0.15) is 44.2 Å². The first-order valence-electron chi connectivity index (χ1n) is 19.4. The van der Waals surface area contributed by atoms with E-state index < -0.39 is 15.1 Å². The van der Waals surface area contributed by atoms with Crippen LogP contribution in [0.5, 0.6) is 0 Å². The van der Waals surface area contributed by atoms with Gasteiger partial charge in [0, 0.05) is 37.6 Å². The van der Waals surface area contributed by atoms with Crippen molar-refractivity contribution in [1.82, 2.24) is 0 Å². The lowest BCUT2D eigenvalue weighted by atomic mass is 10.1. The van der Waals surface area contributed by atoms with E-state index >= 15 is 0 Å². The Morgan fingerprint density at radius 3 is 1.25 bits per heavy atom. The monoisotopic (exact) mass is 764 g/mol. The Morgan fingerprint density at radius 1 is 0.456 bits per heavy atom. The highest BCUT2D eigenvalue weighted by Crippen LogP contribution is 2.33. The molecule has 0 aliphatic carbocycles. The summed E-state index contributed by atoms with van der Waals surface area (Å²) in [5.74, 6) is 0. The lowest BCUT2D eigenvalue weighted by Gasteiger charge is -2.26. The van der Waals surface area contributed by atoms with Gasteiger partial charge >= 0.3 is 0 Å². The summed E-state index contributed by atoms with van der Waals surface area (Å²) in [6.07, 6.45) is 7.59. The van der Waals surface area contributed by atoms with E-state index in [-0.39, 0.29) is 0 Å². The van der Waals surface area contributed by atoms with Crippen molar-refractivity contribution in [2.75, 3.05) is 9.80 Å². The zero-order valence-corrected chi connectivity index (χ0v) is 33.1. The summed E-state index contributed by atoms with van der Waals surface area (Å²) < 4.78 is 28.6. The smallest absolute Gasteiger partial charge is 0.188 e. The zero-order valence-electron chi connectivity index (χ0n) is 32.3. The summed E-state index contributed by atoms with van der Waals surface area (Å²) in [4.78, 5) is 5.01. The fraction of sp³-hybridized carbons (Fsp3) is 0.115. The number of sulfone groups is 1. The van der Waals surface area contributed by atoms with E-state index in [4.69, 9.17) is 0 Å². The summed E-state index contributed by atoms with van der Waals surface area (Å²) in [6.45, 7) is 5.01. The highest BCUT2D eigenvalue weighted by molar-refractivity contribution is 7.91. The van der Waals surface area contributed by atoms with Crippen LogP contribution in [0.3, 0.4) is 0 Å². The Hall–Kier alpha value is -6.43. The molecule has 4 nitrogen and oxygen atoms in total. The molecule has 0 N–H and O–H groups in total. The maximum absolute atomic E-state index is 14.3. The topological polar surface area (TPSA) is 40.6 Å². The van der Waals surface area contributed by atoms with Gasteiger partial charge in [-0.1, -0.05) is 188 Å². The van der Waals surface area contributed by atoms with Crippen LogP contribution in [-0.2, 0) is 36.0 Å². The minimum Gasteiger partial charge on any atom is -0.363 e. The summed E-state index contributed by atoms with van der Waals surface area (Å²) in [6, 6.07) is 65.5. The van der Waals surface area contributed by atoms with Gasteiger partial charge in [-0.3, -0.25) is 0 Å². The number of benzene rings is 7. The SMILES string of the molecule is Cc1ccc(S(=O)(=O)C(C=CC=Cc2ccc(N(Cc3ccccc3)Cc3ccccc3)cc2)c2ccc(N(Cc3ccccc3)Cc3ccccc3)cc2)cc1. The molecule has 7 aromatic carbocycles. The van der Waals surface area contributed by atoms with Crippen LogP contribution in [0.15, 0.2) is 217 Å². The molecule has 7 rings (SSSR count). The minimum atomic E-state index is -3.75. The summed E-state index contributed by atoms with van der Waals surface area (Å²) in [5.41, 5.74) is 9.83. The number of nitrogens with zero attached hydrogens (tertiary/aromatic N) is 2. The number of allylic oxidation sites excluding steroid dienone is 2. The van der Waals surface area contributed by atoms with Crippen molar-refractivity contribution < 1.29 is 8.42 Å². The average Bonchev–Trinajstić information content (AvgIpc) is 3.25. The van der Waals surface area contributed by atoms with Crippen molar-refractivity contribution in [2.45, 2.75) is 43.2 Å². The Morgan fingerprint density at radius 2 is 0.842 bits per heavy atom. The van der Waals surface area contributed by atoms with E-state index in [2.05, 4.69) is 131 Å². The fourth-order valence-electron chi connectivity index (χ4n) is 6.96. The lowest BCUT2D eigenvalue weighted by Crippen LogP contribution is -2.22. The summed E-state index contributed by atoms with van der Waals surface area (Å²) in [7, 11) is -3.75. The van der Waals surface area contributed by atoms with Crippen molar-refractivity contribution in [3.8, 4) is 0 Å². The third-order valence-electron chi connectivity index (χ3n) is 10.1. The maximum Gasteiger partial charge on any atom is 0.188 e. The quantitative estimate of drug-likeness (QED) is 0.0919. The van der Waals surface area contributed by atoms with E-state index in [0.717, 1.165) is 48.7 Å². The molecule has 5 heteroatoms. The standard InChI is InChI=1S/C52H48N2O2S/c1-42-26-36-51(37-27-42)57(55,56)52(48-30-34-50(35-31-48)54(40-46-21-10-4-11-22-46)41-47-23-12-5-13-24-47)25-15-14-16-43-28-32-49(33-29-43)53(38-44-17-6-2-7-18-44)39-45-19-8-3-9-20-45/h2-37,52H,38-41H2,1H3. The Bertz CT molecular complexity index is 2370. The first-order valence-corrected chi connectivity index (χ1v) is 21.0. The average molecular weight is 765 g/mol. The van der Waals surface area contributed by atoms with Gasteiger partial charge in [0.1, 0.15) is 5.25 Å². The van der Waals surface area contributed by atoms with Crippen LogP contribution in [-0.4, -0.2) is 8.42 Å². The summed E-state index contributed by atoms with van der Waals surface area (Å²) >= 11 is 0. The highest BCUT2D eigenvalue weighted by Gasteiger charge is 2.27. The van der Waals surface area contributed by atoms with Gasteiger partial charge in [-0.2, -0.15) is 0 Å². The molecule has 1 atom stereocenters. The van der Waals surface area contributed by atoms with Gasteiger partial charge < -0.3 is 9.80 Å².